The molecule has 0 heterocycles. The zero-order valence-corrected chi connectivity index (χ0v) is 12.0. The average molecular weight is 338 g/mol. The van der Waals surface area contributed by atoms with E-state index in [2.05, 4.69) is 26.6 Å². The lowest BCUT2D eigenvalue weighted by atomic mass is 10.1. The summed E-state index contributed by atoms with van der Waals surface area (Å²) in [7, 11) is 0. The summed E-state index contributed by atoms with van der Waals surface area (Å²) in [5.74, 6) is 0. The van der Waals surface area contributed by atoms with E-state index in [-0.39, 0.29) is 13.2 Å². The molecule has 0 saturated heterocycles. The molecule has 0 saturated carbocycles. The zero-order chi connectivity index (χ0) is 13.8. The first kappa shape index (κ1) is 15.2. The number of nitrogens with one attached hydrogen (secondary N) is 2. The van der Waals surface area contributed by atoms with Gasteiger partial charge in [-0.05, 0) is 41.1 Å². The lowest BCUT2D eigenvalue weighted by Crippen LogP contribution is -2.53. The second kappa shape index (κ2) is 6.38. The van der Waals surface area contributed by atoms with Crippen LogP contribution in [0.5, 0.6) is 0 Å². The molecule has 5 nitrogen and oxygen atoms in total. The molecule has 7 heteroatoms. The van der Waals surface area contributed by atoms with Crippen LogP contribution in [0.25, 0.3) is 0 Å². The minimum Gasteiger partial charge on any atom is -0.394 e. The molecule has 4 N–H and O–H groups in total. The van der Waals surface area contributed by atoms with Gasteiger partial charge in [0.05, 0.1) is 23.8 Å². The lowest BCUT2D eigenvalue weighted by molar-refractivity contribution is 0.111. The fourth-order valence-electron chi connectivity index (χ4n) is 1.14. The smallest absolute Gasteiger partial charge is 0.319 e. The van der Waals surface area contributed by atoms with E-state index in [0.29, 0.717) is 15.2 Å². The van der Waals surface area contributed by atoms with Gasteiger partial charge in [0.15, 0.2) is 0 Å². The highest BCUT2D eigenvalue weighted by molar-refractivity contribution is 9.10. The summed E-state index contributed by atoms with van der Waals surface area (Å²) in [5, 5.41) is 23.7. The SMILES string of the molecule is CC(CO)(CO)NC(=O)Nc1ccc(Cl)c(Br)c1. The number of aliphatic hydroxyl groups excluding tert-OH is 2. The topological polar surface area (TPSA) is 81.6 Å². The standard InChI is InChI=1S/C11H14BrClN2O3/c1-11(5-16,6-17)15-10(18)14-7-2-3-9(13)8(12)4-7/h2-4,16-17H,5-6H2,1H3,(H2,14,15,18). The van der Waals surface area contributed by atoms with Crippen molar-refractivity contribution in [2.24, 2.45) is 0 Å². The molecule has 1 aromatic rings. The molecule has 0 aliphatic carbocycles. The summed E-state index contributed by atoms with van der Waals surface area (Å²) in [6.07, 6.45) is 0. The number of halogens is 2. The Hall–Kier alpha value is -0.820. The summed E-state index contributed by atoms with van der Waals surface area (Å²) in [5.41, 5.74) is -0.518. The first-order valence-corrected chi connectivity index (χ1v) is 6.33. The van der Waals surface area contributed by atoms with Gasteiger partial charge < -0.3 is 20.8 Å². The summed E-state index contributed by atoms with van der Waals surface area (Å²) >= 11 is 9.07. The Kier molecular flexibility index (Phi) is 5.40. The number of aliphatic hydroxyl groups is 2. The van der Waals surface area contributed by atoms with Crippen LogP contribution in [-0.2, 0) is 0 Å². The summed E-state index contributed by atoms with van der Waals surface area (Å²) < 4.78 is 0.661. The van der Waals surface area contributed by atoms with Crippen molar-refractivity contribution in [3.05, 3.63) is 27.7 Å². The second-order valence-corrected chi connectivity index (χ2v) is 5.35. The van der Waals surface area contributed by atoms with Crippen LogP contribution in [0.1, 0.15) is 6.92 Å². The van der Waals surface area contributed by atoms with Crippen molar-refractivity contribution in [3.8, 4) is 0 Å². The van der Waals surface area contributed by atoms with Crippen LogP contribution in [-0.4, -0.2) is 35.0 Å². The quantitative estimate of drug-likeness (QED) is 0.678. The summed E-state index contributed by atoms with van der Waals surface area (Å²) in [4.78, 5) is 11.6. The van der Waals surface area contributed by atoms with Crippen molar-refractivity contribution in [2.45, 2.75) is 12.5 Å². The maximum Gasteiger partial charge on any atom is 0.319 e. The monoisotopic (exact) mass is 336 g/mol. The lowest BCUT2D eigenvalue weighted by Gasteiger charge is -2.26. The number of anilines is 1. The van der Waals surface area contributed by atoms with Crippen LogP contribution < -0.4 is 10.6 Å². The normalized spacial score (nSPS) is 11.2. The third kappa shape index (κ3) is 4.13. The van der Waals surface area contributed by atoms with Crippen LogP contribution in [0.2, 0.25) is 5.02 Å². The molecule has 18 heavy (non-hydrogen) atoms. The molecule has 0 bridgehead atoms. The predicted octanol–water partition coefficient (Wildman–Crippen LogP) is 1.97. The maximum atomic E-state index is 11.6. The van der Waals surface area contributed by atoms with Gasteiger partial charge in [-0.1, -0.05) is 11.6 Å². The molecule has 0 aliphatic rings. The molecular formula is C11H14BrClN2O3. The molecule has 0 aromatic heterocycles. The highest BCUT2D eigenvalue weighted by atomic mass is 79.9. The Morgan fingerprint density at radius 3 is 2.56 bits per heavy atom. The van der Waals surface area contributed by atoms with Crippen molar-refractivity contribution < 1.29 is 15.0 Å². The van der Waals surface area contributed by atoms with Gasteiger partial charge in [0.2, 0.25) is 0 Å². The molecule has 1 rings (SSSR count). The molecule has 1 aromatic carbocycles. The van der Waals surface area contributed by atoms with Gasteiger partial charge in [0, 0.05) is 10.2 Å². The molecule has 2 amide bonds. The Morgan fingerprint density at radius 2 is 2.06 bits per heavy atom. The number of benzene rings is 1. The fourth-order valence-corrected chi connectivity index (χ4v) is 1.64. The van der Waals surface area contributed by atoms with Gasteiger partial charge in [-0.3, -0.25) is 0 Å². The zero-order valence-electron chi connectivity index (χ0n) is 9.70. The summed E-state index contributed by atoms with van der Waals surface area (Å²) in [6, 6.07) is 4.41. The Balaban J connectivity index is 2.67. The van der Waals surface area contributed by atoms with Crippen LogP contribution >= 0.6 is 27.5 Å². The van der Waals surface area contributed by atoms with E-state index in [1.807, 2.05) is 0 Å². The van der Waals surface area contributed by atoms with Crippen molar-refractivity contribution in [1.82, 2.24) is 5.32 Å². The summed E-state index contributed by atoms with van der Waals surface area (Å²) in [6.45, 7) is 0.812. The van der Waals surface area contributed by atoms with E-state index in [4.69, 9.17) is 21.8 Å². The van der Waals surface area contributed by atoms with Gasteiger partial charge in [-0.2, -0.15) is 0 Å². The number of carbonyl (C=O) groups excluding carboxylic acids is 1. The van der Waals surface area contributed by atoms with Crippen LogP contribution in [0, 0.1) is 0 Å². The predicted molar refractivity (Wildman–Crippen MR) is 73.9 cm³/mol. The number of hydrogen-bond acceptors (Lipinski definition) is 3. The Bertz CT molecular complexity index is 438. The van der Waals surface area contributed by atoms with Crippen molar-refractivity contribution >= 4 is 39.2 Å². The van der Waals surface area contributed by atoms with Crippen LogP contribution in [0.3, 0.4) is 0 Å². The minimum atomic E-state index is -1.06. The molecule has 0 aliphatic heterocycles. The molecule has 0 radical (unpaired) electrons. The van der Waals surface area contributed by atoms with E-state index in [0.717, 1.165) is 0 Å². The van der Waals surface area contributed by atoms with E-state index in [1.54, 1.807) is 18.2 Å². The largest absolute Gasteiger partial charge is 0.394 e. The molecule has 0 spiro atoms. The highest BCUT2D eigenvalue weighted by Crippen LogP contribution is 2.25. The van der Waals surface area contributed by atoms with E-state index < -0.39 is 11.6 Å². The molecule has 0 unspecified atom stereocenters. The molecule has 0 fully saturated rings. The first-order valence-electron chi connectivity index (χ1n) is 5.16. The van der Waals surface area contributed by atoms with E-state index in [9.17, 15) is 4.79 Å². The van der Waals surface area contributed by atoms with Crippen molar-refractivity contribution in [3.63, 3.8) is 0 Å². The third-order valence-corrected chi connectivity index (χ3v) is 3.50. The average Bonchev–Trinajstić information content (AvgIpc) is 2.33. The second-order valence-electron chi connectivity index (χ2n) is 4.08. The van der Waals surface area contributed by atoms with Gasteiger partial charge in [0.25, 0.3) is 0 Å². The van der Waals surface area contributed by atoms with Crippen molar-refractivity contribution in [1.29, 1.82) is 0 Å². The number of amides is 2. The third-order valence-electron chi connectivity index (χ3n) is 2.29. The number of hydrogen-bond donors (Lipinski definition) is 4. The van der Waals surface area contributed by atoms with E-state index in [1.165, 1.54) is 6.92 Å². The fraction of sp³-hybridized carbons (Fsp3) is 0.364. The van der Waals surface area contributed by atoms with Crippen molar-refractivity contribution in [2.75, 3.05) is 18.5 Å². The van der Waals surface area contributed by atoms with Gasteiger partial charge in [-0.25, -0.2) is 4.79 Å². The Labute approximate surface area is 118 Å². The van der Waals surface area contributed by atoms with Crippen LogP contribution in [0.4, 0.5) is 10.5 Å². The molecule has 100 valence electrons. The van der Waals surface area contributed by atoms with Crippen LogP contribution in [0.15, 0.2) is 22.7 Å². The van der Waals surface area contributed by atoms with Gasteiger partial charge >= 0.3 is 6.03 Å². The highest BCUT2D eigenvalue weighted by Gasteiger charge is 2.24. The van der Waals surface area contributed by atoms with Gasteiger partial charge in [-0.15, -0.1) is 0 Å². The molecule has 0 atom stereocenters. The Morgan fingerprint density at radius 1 is 1.44 bits per heavy atom. The minimum absolute atomic E-state index is 0.360. The maximum absolute atomic E-state index is 11.6. The molecular weight excluding hydrogens is 323 g/mol. The van der Waals surface area contributed by atoms with Gasteiger partial charge in [0.1, 0.15) is 0 Å². The van der Waals surface area contributed by atoms with E-state index >= 15 is 0 Å². The number of urea groups is 1. The number of rotatable bonds is 4. The first-order chi connectivity index (χ1) is 8.40. The number of carbonyl (C=O) groups is 1.